The van der Waals surface area contributed by atoms with Gasteiger partial charge in [0.15, 0.2) is 6.61 Å². The van der Waals surface area contributed by atoms with Crippen LogP contribution in [-0.4, -0.2) is 38.3 Å². The fourth-order valence-corrected chi connectivity index (χ4v) is 5.11. The van der Waals surface area contributed by atoms with Crippen LogP contribution in [0.3, 0.4) is 0 Å². The number of nitrogens with zero attached hydrogens (tertiary/aromatic N) is 1. The third kappa shape index (κ3) is 7.68. The van der Waals surface area contributed by atoms with Crippen LogP contribution in [0.1, 0.15) is 27.7 Å². The van der Waals surface area contributed by atoms with Gasteiger partial charge in [-0.15, -0.1) is 0 Å². The molecule has 0 aliphatic heterocycles. The van der Waals surface area contributed by atoms with Crippen molar-refractivity contribution in [3.63, 3.8) is 0 Å². The maximum absolute atomic E-state index is 13.0. The molecule has 31 heavy (non-hydrogen) atoms. The standard InChI is InChI=1S/C22H28Cl2N2O4S/c1-15(2)12-26(13-16(3)4)31(28,29)19-8-6-18(7-9-19)25-22(27)14-30-21-10-5-17(23)11-20(21)24/h5-11,15-16H,12-14H2,1-4H3,(H,25,27). The Labute approximate surface area is 194 Å². The van der Waals surface area contributed by atoms with Gasteiger partial charge in [0.2, 0.25) is 10.0 Å². The second kappa shape index (κ2) is 11.2. The highest BCUT2D eigenvalue weighted by atomic mass is 35.5. The number of rotatable bonds is 10. The van der Waals surface area contributed by atoms with Gasteiger partial charge in [0.05, 0.1) is 9.92 Å². The average molecular weight is 487 g/mol. The molecular weight excluding hydrogens is 459 g/mol. The van der Waals surface area contributed by atoms with E-state index in [1.54, 1.807) is 24.3 Å². The molecule has 9 heteroatoms. The van der Waals surface area contributed by atoms with Gasteiger partial charge in [-0.05, 0) is 54.3 Å². The molecule has 1 N–H and O–H groups in total. The number of ether oxygens (including phenoxy) is 1. The molecule has 0 aromatic heterocycles. The van der Waals surface area contributed by atoms with Crippen molar-refractivity contribution >= 4 is 44.8 Å². The van der Waals surface area contributed by atoms with Gasteiger partial charge in [0.1, 0.15) is 5.75 Å². The summed E-state index contributed by atoms with van der Waals surface area (Å²) in [6.45, 7) is 8.59. The highest BCUT2D eigenvalue weighted by Crippen LogP contribution is 2.27. The fraction of sp³-hybridized carbons (Fsp3) is 0.409. The lowest BCUT2D eigenvalue weighted by molar-refractivity contribution is -0.118. The summed E-state index contributed by atoms with van der Waals surface area (Å²) in [4.78, 5) is 12.4. The van der Waals surface area contributed by atoms with Gasteiger partial charge in [-0.3, -0.25) is 4.79 Å². The number of sulfonamides is 1. The van der Waals surface area contributed by atoms with Gasteiger partial charge in [-0.2, -0.15) is 4.31 Å². The Morgan fingerprint density at radius 1 is 1.00 bits per heavy atom. The van der Waals surface area contributed by atoms with E-state index in [4.69, 9.17) is 27.9 Å². The lowest BCUT2D eigenvalue weighted by Crippen LogP contribution is -2.37. The van der Waals surface area contributed by atoms with Gasteiger partial charge < -0.3 is 10.1 Å². The first-order valence-electron chi connectivity index (χ1n) is 9.97. The normalized spacial score (nSPS) is 11.9. The van der Waals surface area contributed by atoms with Crippen molar-refractivity contribution in [2.75, 3.05) is 25.0 Å². The summed E-state index contributed by atoms with van der Waals surface area (Å²) in [6, 6.07) is 10.8. The summed E-state index contributed by atoms with van der Waals surface area (Å²) in [5, 5.41) is 3.45. The minimum absolute atomic E-state index is 0.191. The van der Waals surface area contributed by atoms with Crippen molar-refractivity contribution in [2.45, 2.75) is 32.6 Å². The van der Waals surface area contributed by atoms with Crippen LogP contribution < -0.4 is 10.1 Å². The summed E-state index contributed by atoms with van der Waals surface area (Å²) in [7, 11) is -3.62. The molecule has 0 saturated carbocycles. The van der Waals surface area contributed by atoms with Gasteiger partial charge in [-0.25, -0.2) is 8.42 Å². The molecular formula is C22H28Cl2N2O4S. The first-order valence-corrected chi connectivity index (χ1v) is 12.2. The van der Waals surface area contributed by atoms with E-state index in [2.05, 4.69) is 5.32 Å². The zero-order chi connectivity index (χ0) is 23.2. The van der Waals surface area contributed by atoms with Gasteiger partial charge in [-0.1, -0.05) is 50.9 Å². The number of halogens is 2. The van der Waals surface area contributed by atoms with Crippen LogP contribution in [0.15, 0.2) is 47.4 Å². The van der Waals surface area contributed by atoms with Crippen LogP contribution in [0.2, 0.25) is 10.0 Å². The Hall–Kier alpha value is -1.80. The zero-order valence-corrected chi connectivity index (χ0v) is 20.4. The van der Waals surface area contributed by atoms with Crippen LogP contribution in [0.4, 0.5) is 5.69 Å². The van der Waals surface area contributed by atoms with E-state index >= 15 is 0 Å². The smallest absolute Gasteiger partial charge is 0.262 e. The number of benzene rings is 2. The molecule has 0 unspecified atom stereocenters. The number of carbonyl (C=O) groups excluding carboxylic acids is 1. The van der Waals surface area contributed by atoms with Crippen molar-refractivity contribution in [2.24, 2.45) is 11.8 Å². The Morgan fingerprint density at radius 2 is 1.58 bits per heavy atom. The predicted molar refractivity (Wildman–Crippen MR) is 125 cm³/mol. The maximum Gasteiger partial charge on any atom is 0.262 e. The molecule has 6 nitrogen and oxygen atoms in total. The number of hydrogen-bond donors (Lipinski definition) is 1. The topological polar surface area (TPSA) is 75.7 Å². The van der Waals surface area contributed by atoms with Gasteiger partial charge in [0.25, 0.3) is 5.91 Å². The van der Waals surface area contributed by atoms with Crippen molar-refractivity contribution in [1.29, 1.82) is 0 Å². The largest absolute Gasteiger partial charge is 0.482 e. The molecule has 0 radical (unpaired) electrons. The summed E-state index contributed by atoms with van der Waals surface area (Å²) in [6.07, 6.45) is 0. The van der Waals surface area contributed by atoms with E-state index in [0.29, 0.717) is 34.6 Å². The minimum Gasteiger partial charge on any atom is -0.482 e. The molecule has 0 bridgehead atoms. The van der Waals surface area contributed by atoms with Crippen molar-refractivity contribution in [3.05, 3.63) is 52.5 Å². The first-order chi connectivity index (χ1) is 14.5. The number of carbonyl (C=O) groups is 1. The Kier molecular flexibility index (Phi) is 9.18. The molecule has 0 heterocycles. The lowest BCUT2D eigenvalue weighted by Gasteiger charge is -2.25. The predicted octanol–water partition coefficient (Wildman–Crippen LogP) is 5.31. The van der Waals surface area contributed by atoms with E-state index in [1.165, 1.54) is 22.5 Å². The summed E-state index contributed by atoms with van der Waals surface area (Å²) >= 11 is 11.9. The van der Waals surface area contributed by atoms with Crippen molar-refractivity contribution in [1.82, 2.24) is 4.31 Å². The highest BCUT2D eigenvalue weighted by molar-refractivity contribution is 7.89. The van der Waals surface area contributed by atoms with E-state index in [0.717, 1.165) is 0 Å². The van der Waals surface area contributed by atoms with Crippen LogP contribution in [0.25, 0.3) is 0 Å². The third-order valence-electron chi connectivity index (χ3n) is 4.17. The minimum atomic E-state index is -3.62. The maximum atomic E-state index is 13.0. The van der Waals surface area contributed by atoms with Gasteiger partial charge in [0, 0.05) is 23.8 Å². The second-order valence-electron chi connectivity index (χ2n) is 8.05. The fourth-order valence-electron chi connectivity index (χ4n) is 2.88. The molecule has 1 amide bonds. The Bertz CT molecular complexity index is 983. The zero-order valence-electron chi connectivity index (χ0n) is 18.1. The van der Waals surface area contributed by atoms with E-state index in [1.807, 2.05) is 27.7 Å². The van der Waals surface area contributed by atoms with Gasteiger partial charge >= 0.3 is 0 Å². The van der Waals surface area contributed by atoms with Crippen molar-refractivity contribution < 1.29 is 17.9 Å². The Balaban J connectivity index is 2.03. The quantitative estimate of drug-likeness (QED) is 0.493. The third-order valence-corrected chi connectivity index (χ3v) is 6.54. The molecule has 170 valence electrons. The SMILES string of the molecule is CC(C)CN(CC(C)C)S(=O)(=O)c1ccc(NC(=O)COc2ccc(Cl)cc2Cl)cc1. The monoisotopic (exact) mass is 486 g/mol. The second-order valence-corrected chi connectivity index (χ2v) is 10.8. The summed E-state index contributed by atoms with van der Waals surface area (Å²) in [5.74, 6) is 0.364. The number of hydrogen-bond acceptors (Lipinski definition) is 4. The van der Waals surface area contributed by atoms with Crippen LogP contribution >= 0.6 is 23.2 Å². The Morgan fingerprint density at radius 3 is 2.10 bits per heavy atom. The van der Waals surface area contributed by atoms with Crippen LogP contribution in [0.5, 0.6) is 5.75 Å². The van der Waals surface area contributed by atoms with Crippen LogP contribution in [0, 0.1) is 11.8 Å². The molecule has 2 aromatic rings. The average Bonchev–Trinajstić information content (AvgIpc) is 2.66. The number of amides is 1. The molecule has 0 atom stereocenters. The highest BCUT2D eigenvalue weighted by Gasteiger charge is 2.25. The van der Waals surface area contributed by atoms with Crippen molar-refractivity contribution in [3.8, 4) is 5.75 Å². The molecule has 2 rings (SSSR count). The lowest BCUT2D eigenvalue weighted by atomic mass is 10.2. The molecule has 0 aliphatic rings. The molecule has 0 aliphatic carbocycles. The molecule has 2 aromatic carbocycles. The van der Waals surface area contributed by atoms with E-state index in [-0.39, 0.29) is 23.3 Å². The van der Waals surface area contributed by atoms with E-state index < -0.39 is 15.9 Å². The molecule has 0 fully saturated rings. The van der Waals surface area contributed by atoms with Crippen LogP contribution in [-0.2, 0) is 14.8 Å². The molecule has 0 saturated heterocycles. The number of nitrogens with one attached hydrogen (secondary N) is 1. The molecule has 0 spiro atoms. The summed E-state index contributed by atoms with van der Waals surface area (Å²) in [5.41, 5.74) is 0.467. The van der Waals surface area contributed by atoms with E-state index in [9.17, 15) is 13.2 Å². The summed E-state index contributed by atoms with van der Waals surface area (Å²) < 4.78 is 33.0. The first kappa shape index (κ1) is 25.5. The number of anilines is 1.